The van der Waals surface area contributed by atoms with Crippen molar-refractivity contribution in [3.05, 3.63) is 102 Å². The Morgan fingerprint density at radius 1 is 1.00 bits per heavy atom. The average Bonchev–Trinajstić information content (AvgIpc) is 3.29. The van der Waals surface area contributed by atoms with Gasteiger partial charge in [-0.3, -0.25) is 9.36 Å². The van der Waals surface area contributed by atoms with Crippen LogP contribution in [0.2, 0.25) is 0 Å². The molecule has 0 aliphatic rings. The molecule has 0 aliphatic heterocycles. The van der Waals surface area contributed by atoms with Gasteiger partial charge in [0.15, 0.2) is 22.5 Å². The van der Waals surface area contributed by atoms with E-state index in [-0.39, 0.29) is 35.9 Å². The fraction of sp³-hybridized carbons (Fsp3) is 0.192. The molecule has 180 valence electrons. The molecule has 0 unspecified atom stereocenters. The smallest absolute Gasteiger partial charge is 0.233 e. The number of carbonyl (C=O) groups excluding carboxylic acids is 1. The molecule has 0 N–H and O–H groups in total. The van der Waals surface area contributed by atoms with Gasteiger partial charge in [0, 0.05) is 12.7 Å². The molecule has 1 amide bonds. The molecule has 35 heavy (non-hydrogen) atoms. The summed E-state index contributed by atoms with van der Waals surface area (Å²) in [5.41, 5.74) is 1.64. The average molecular weight is 495 g/mol. The Balaban J connectivity index is 1.49. The van der Waals surface area contributed by atoms with E-state index in [9.17, 15) is 13.6 Å². The zero-order chi connectivity index (χ0) is 24.8. The number of halogens is 2. The van der Waals surface area contributed by atoms with Gasteiger partial charge in [-0.2, -0.15) is 0 Å². The molecule has 3 aromatic carbocycles. The number of ether oxygens (including phenoxy) is 1. The zero-order valence-electron chi connectivity index (χ0n) is 19.3. The Bertz CT molecular complexity index is 1280. The van der Waals surface area contributed by atoms with Crippen LogP contribution in [0, 0.1) is 11.6 Å². The summed E-state index contributed by atoms with van der Waals surface area (Å²) >= 11 is 1.25. The molecular formula is C26H24F2N4O2S. The van der Waals surface area contributed by atoms with Crippen molar-refractivity contribution in [2.24, 2.45) is 0 Å². The van der Waals surface area contributed by atoms with Crippen molar-refractivity contribution < 1.29 is 18.3 Å². The number of thioether (sulfide) groups is 1. The summed E-state index contributed by atoms with van der Waals surface area (Å²) < 4.78 is 34.7. The summed E-state index contributed by atoms with van der Waals surface area (Å²) in [5, 5.41) is 9.01. The molecule has 0 fully saturated rings. The summed E-state index contributed by atoms with van der Waals surface area (Å²) in [5.74, 6) is -0.171. The highest BCUT2D eigenvalue weighted by Gasteiger charge is 2.21. The van der Waals surface area contributed by atoms with Gasteiger partial charge in [-0.05, 0) is 48.9 Å². The molecule has 6 nitrogen and oxygen atoms in total. The first kappa shape index (κ1) is 24.4. The molecule has 1 heterocycles. The van der Waals surface area contributed by atoms with Crippen molar-refractivity contribution in [2.45, 2.75) is 24.7 Å². The quantitative estimate of drug-likeness (QED) is 0.290. The molecular weight excluding hydrogens is 470 g/mol. The number of hydrogen-bond donors (Lipinski definition) is 0. The van der Waals surface area contributed by atoms with Crippen LogP contribution >= 0.6 is 11.8 Å². The molecule has 0 saturated heterocycles. The van der Waals surface area contributed by atoms with Crippen LogP contribution in [0.3, 0.4) is 0 Å². The molecule has 1 aromatic heterocycles. The number of amides is 1. The lowest BCUT2D eigenvalue weighted by molar-refractivity contribution is -0.128. The van der Waals surface area contributed by atoms with Gasteiger partial charge in [-0.25, -0.2) is 8.78 Å². The SMILES string of the molecule is C[C@@H](c1ccc(F)cc1)N(C)C(=O)CSc1nnc(COc2ccccc2F)n1-c1ccccc1. The van der Waals surface area contributed by atoms with E-state index >= 15 is 0 Å². The predicted octanol–water partition coefficient (Wildman–Crippen LogP) is 5.44. The third-order valence-electron chi connectivity index (χ3n) is 5.56. The van der Waals surface area contributed by atoms with Crippen molar-refractivity contribution in [1.29, 1.82) is 0 Å². The molecule has 0 aliphatic carbocycles. The second-order valence-corrected chi connectivity index (χ2v) is 8.75. The Morgan fingerprint density at radius 3 is 2.40 bits per heavy atom. The van der Waals surface area contributed by atoms with Crippen LogP contribution < -0.4 is 4.74 Å². The maximum Gasteiger partial charge on any atom is 0.233 e. The largest absolute Gasteiger partial charge is 0.483 e. The highest BCUT2D eigenvalue weighted by molar-refractivity contribution is 7.99. The van der Waals surface area contributed by atoms with E-state index < -0.39 is 5.82 Å². The lowest BCUT2D eigenvalue weighted by Gasteiger charge is -2.25. The number of benzene rings is 3. The highest BCUT2D eigenvalue weighted by atomic mass is 32.2. The van der Waals surface area contributed by atoms with Crippen molar-refractivity contribution in [3.63, 3.8) is 0 Å². The minimum absolute atomic E-state index is 0.00115. The van der Waals surface area contributed by atoms with E-state index in [4.69, 9.17) is 4.74 Å². The first-order valence-corrected chi connectivity index (χ1v) is 11.9. The maximum absolute atomic E-state index is 14.0. The van der Waals surface area contributed by atoms with E-state index in [1.807, 2.05) is 37.3 Å². The van der Waals surface area contributed by atoms with Crippen LogP contribution in [0.5, 0.6) is 5.75 Å². The molecule has 0 radical (unpaired) electrons. The van der Waals surface area contributed by atoms with Gasteiger partial charge in [-0.1, -0.05) is 54.2 Å². The monoisotopic (exact) mass is 494 g/mol. The van der Waals surface area contributed by atoms with Gasteiger partial charge in [0.05, 0.1) is 11.8 Å². The lowest BCUT2D eigenvalue weighted by Crippen LogP contribution is -2.31. The highest BCUT2D eigenvalue weighted by Crippen LogP contribution is 2.26. The maximum atomic E-state index is 14.0. The molecule has 4 aromatic rings. The van der Waals surface area contributed by atoms with Gasteiger partial charge >= 0.3 is 0 Å². The first-order valence-electron chi connectivity index (χ1n) is 10.9. The van der Waals surface area contributed by atoms with Gasteiger partial charge in [0.2, 0.25) is 5.91 Å². The standard InChI is InChI=1S/C26H24F2N4O2S/c1-18(19-12-14-20(27)15-13-19)31(2)25(33)17-35-26-30-29-24(32(26)21-8-4-3-5-9-21)16-34-23-11-7-6-10-22(23)28/h3-15,18H,16-17H2,1-2H3/t18-/m0/s1. The Labute approximate surface area is 206 Å². The van der Waals surface area contributed by atoms with E-state index in [1.165, 1.54) is 30.0 Å². The third-order valence-corrected chi connectivity index (χ3v) is 6.47. The second-order valence-electron chi connectivity index (χ2n) is 7.81. The number of carbonyl (C=O) groups is 1. The van der Waals surface area contributed by atoms with Crippen molar-refractivity contribution in [2.75, 3.05) is 12.8 Å². The zero-order valence-corrected chi connectivity index (χ0v) is 20.1. The van der Waals surface area contributed by atoms with Crippen LogP contribution in [0.1, 0.15) is 24.4 Å². The van der Waals surface area contributed by atoms with E-state index in [0.29, 0.717) is 11.0 Å². The van der Waals surface area contributed by atoms with Gasteiger partial charge < -0.3 is 9.64 Å². The van der Waals surface area contributed by atoms with Crippen molar-refractivity contribution >= 4 is 17.7 Å². The normalized spacial score (nSPS) is 11.8. The number of nitrogens with zero attached hydrogens (tertiary/aromatic N) is 4. The first-order chi connectivity index (χ1) is 16.9. The molecule has 1 atom stereocenters. The van der Waals surface area contributed by atoms with Gasteiger partial charge in [0.1, 0.15) is 12.4 Å². The van der Waals surface area contributed by atoms with Crippen LogP contribution in [0.25, 0.3) is 5.69 Å². The van der Waals surface area contributed by atoms with Crippen LogP contribution in [0.15, 0.2) is 84.0 Å². The summed E-state index contributed by atoms with van der Waals surface area (Å²) in [6.45, 7) is 1.89. The number of rotatable bonds is 9. The Morgan fingerprint density at radius 2 is 1.69 bits per heavy atom. The van der Waals surface area contributed by atoms with Crippen LogP contribution in [-0.2, 0) is 11.4 Å². The van der Waals surface area contributed by atoms with E-state index in [1.54, 1.807) is 46.8 Å². The lowest BCUT2D eigenvalue weighted by atomic mass is 10.1. The molecule has 0 bridgehead atoms. The minimum Gasteiger partial charge on any atom is -0.483 e. The topological polar surface area (TPSA) is 60.3 Å². The summed E-state index contributed by atoms with van der Waals surface area (Å²) in [6, 6.07) is 21.5. The molecule has 0 spiro atoms. The summed E-state index contributed by atoms with van der Waals surface area (Å²) in [4.78, 5) is 14.5. The predicted molar refractivity (Wildman–Crippen MR) is 130 cm³/mol. The number of aromatic nitrogens is 3. The van der Waals surface area contributed by atoms with Crippen molar-refractivity contribution in [3.8, 4) is 11.4 Å². The second kappa shape index (κ2) is 11.1. The molecule has 0 saturated carbocycles. The Hall–Kier alpha value is -3.72. The fourth-order valence-electron chi connectivity index (χ4n) is 3.44. The van der Waals surface area contributed by atoms with Gasteiger partial charge in [-0.15, -0.1) is 10.2 Å². The number of hydrogen-bond acceptors (Lipinski definition) is 5. The minimum atomic E-state index is -0.461. The van der Waals surface area contributed by atoms with Crippen molar-refractivity contribution in [1.82, 2.24) is 19.7 Å². The Kier molecular flexibility index (Phi) is 7.77. The van der Waals surface area contributed by atoms with E-state index in [0.717, 1.165) is 11.3 Å². The third kappa shape index (κ3) is 5.86. The van der Waals surface area contributed by atoms with Crippen LogP contribution in [0.4, 0.5) is 8.78 Å². The fourth-order valence-corrected chi connectivity index (χ4v) is 4.33. The van der Waals surface area contributed by atoms with Gasteiger partial charge in [0.25, 0.3) is 0 Å². The van der Waals surface area contributed by atoms with E-state index in [2.05, 4.69) is 10.2 Å². The number of para-hydroxylation sites is 2. The summed E-state index contributed by atoms with van der Waals surface area (Å²) in [7, 11) is 1.71. The molecule has 9 heteroatoms. The molecule has 4 rings (SSSR count). The summed E-state index contributed by atoms with van der Waals surface area (Å²) in [6.07, 6.45) is 0. The van der Waals surface area contributed by atoms with Crippen LogP contribution in [-0.4, -0.2) is 38.4 Å².